The molecule has 1 saturated carbocycles. The van der Waals surface area contributed by atoms with E-state index in [0.717, 1.165) is 37.7 Å². The van der Waals surface area contributed by atoms with Crippen LogP contribution in [0, 0.1) is 0 Å². The molecule has 1 fully saturated rings. The fourth-order valence-corrected chi connectivity index (χ4v) is 4.98. The summed E-state index contributed by atoms with van der Waals surface area (Å²) in [6, 6.07) is 10.1. The largest absolute Gasteiger partial charge is 0.352 e. The molecule has 7 nitrogen and oxygen atoms in total. The first-order chi connectivity index (χ1) is 15.2. The van der Waals surface area contributed by atoms with Crippen molar-refractivity contribution in [2.45, 2.75) is 49.5 Å². The molecule has 0 aliphatic heterocycles. The average Bonchev–Trinajstić information content (AvgIpc) is 2.74. The Balaban J connectivity index is 1.50. The minimum absolute atomic E-state index is 0.00275. The van der Waals surface area contributed by atoms with Crippen molar-refractivity contribution in [1.82, 2.24) is 15.4 Å². The van der Waals surface area contributed by atoms with Gasteiger partial charge in [-0.2, -0.15) is 0 Å². The van der Waals surface area contributed by atoms with E-state index in [9.17, 15) is 18.0 Å². The Hall–Kier alpha value is -2.29. The Bertz CT molecular complexity index is 1070. The van der Waals surface area contributed by atoms with Crippen LogP contribution in [-0.2, 0) is 16.4 Å². The van der Waals surface area contributed by atoms with Gasteiger partial charge >= 0.3 is 6.03 Å². The molecule has 0 saturated heterocycles. The molecule has 0 bridgehead atoms. The number of halogens is 2. The highest BCUT2D eigenvalue weighted by Gasteiger charge is 2.21. The lowest BCUT2D eigenvalue weighted by Gasteiger charge is -2.22. The van der Waals surface area contributed by atoms with Crippen LogP contribution < -0.4 is 15.4 Å². The first-order valence-corrected chi connectivity index (χ1v) is 12.6. The minimum Gasteiger partial charge on any atom is -0.352 e. The Morgan fingerprint density at radius 1 is 0.969 bits per heavy atom. The van der Waals surface area contributed by atoms with E-state index in [-0.39, 0.29) is 21.9 Å². The normalized spacial score (nSPS) is 14.6. The number of urea groups is 1. The summed E-state index contributed by atoms with van der Waals surface area (Å²) < 4.78 is 27.0. The van der Waals surface area contributed by atoms with Gasteiger partial charge in [0.1, 0.15) is 0 Å². The molecule has 0 unspecified atom stereocenters. The second-order valence-electron chi connectivity index (χ2n) is 7.69. The second-order valence-corrected chi connectivity index (χ2v) is 10.2. The molecule has 1 aliphatic carbocycles. The third-order valence-corrected chi connectivity index (χ3v) is 7.17. The summed E-state index contributed by atoms with van der Waals surface area (Å²) in [4.78, 5) is 24.3. The Morgan fingerprint density at radius 3 is 2.31 bits per heavy atom. The van der Waals surface area contributed by atoms with Crippen LogP contribution >= 0.6 is 23.2 Å². The molecule has 2 aromatic rings. The van der Waals surface area contributed by atoms with Crippen molar-refractivity contribution in [3.63, 3.8) is 0 Å². The molecule has 3 rings (SSSR count). The highest BCUT2D eigenvalue weighted by atomic mass is 35.5. The molecule has 0 heterocycles. The SMILES string of the molecule is O=C(NC1CCCCC1)NS(=O)(=O)c1ccc(CCNC(=O)c2ccc(Cl)cc2Cl)cc1. The van der Waals surface area contributed by atoms with Gasteiger partial charge in [-0.25, -0.2) is 17.9 Å². The van der Waals surface area contributed by atoms with E-state index in [2.05, 4.69) is 15.4 Å². The molecular formula is C22H25Cl2N3O4S. The topological polar surface area (TPSA) is 104 Å². The van der Waals surface area contributed by atoms with Gasteiger partial charge in [-0.15, -0.1) is 0 Å². The van der Waals surface area contributed by atoms with Gasteiger partial charge in [-0.05, 0) is 55.2 Å². The van der Waals surface area contributed by atoms with Crippen LogP contribution in [0.25, 0.3) is 0 Å². The average molecular weight is 498 g/mol. The summed E-state index contributed by atoms with van der Waals surface area (Å²) in [5, 5.41) is 6.21. The summed E-state index contributed by atoms with van der Waals surface area (Å²) in [6.45, 7) is 0.339. The summed E-state index contributed by atoms with van der Waals surface area (Å²) in [5.41, 5.74) is 1.16. The van der Waals surface area contributed by atoms with Gasteiger partial charge < -0.3 is 10.6 Å². The number of carbonyl (C=O) groups is 2. The van der Waals surface area contributed by atoms with Gasteiger partial charge in [-0.1, -0.05) is 54.6 Å². The maximum absolute atomic E-state index is 12.5. The number of sulfonamides is 1. The first-order valence-electron chi connectivity index (χ1n) is 10.4. The van der Waals surface area contributed by atoms with E-state index in [4.69, 9.17) is 23.2 Å². The fourth-order valence-electron chi connectivity index (χ4n) is 3.57. The van der Waals surface area contributed by atoms with Crippen molar-refractivity contribution in [2.75, 3.05) is 6.54 Å². The molecule has 10 heteroatoms. The number of amides is 3. The van der Waals surface area contributed by atoms with E-state index in [0.29, 0.717) is 23.6 Å². The summed E-state index contributed by atoms with van der Waals surface area (Å²) in [7, 11) is -3.96. The predicted octanol–water partition coefficient (Wildman–Crippen LogP) is 4.29. The van der Waals surface area contributed by atoms with Crippen LogP contribution in [-0.4, -0.2) is 32.9 Å². The molecule has 32 heavy (non-hydrogen) atoms. The zero-order chi connectivity index (χ0) is 23.1. The summed E-state index contributed by atoms with van der Waals surface area (Å²) in [6.07, 6.45) is 5.43. The van der Waals surface area contributed by atoms with Gasteiger partial charge in [0.05, 0.1) is 15.5 Å². The highest BCUT2D eigenvalue weighted by Crippen LogP contribution is 2.21. The highest BCUT2D eigenvalue weighted by molar-refractivity contribution is 7.90. The van der Waals surface area contributed by atoms with Crippen LogP contribution in [0.5, 0.6) is 0 Å². The quantitative estimate of drug-likeness (QED) is 0.530. The van der Waals surface area contributed by atoms with Crippen molar-refractivity contribution in [1.29, 1.82) is 0 Å². The lowest BCUT2D eigenvalue weighted by atomic mass is 9.96. The molecule has 1 aliphatic rings. The van der Waals surface area contributed by atoms with E-state index in [1.54, 1.807) is 24.3 Å². The number of hydrogen-bond acceptors (Lipinski definition) is 4. The van der Waals surface area contributed by atoms with Crippen LogP contribution in [0.15, 0.2) is 47.4 Å². The van der Waals surface area contributed by atoms with Gasteiger partial charge in [0.2, 0.25) is 0 Å². The van der Waals surface area contributed by atoms with Crippen LogP contribution in [0.3, 0.4) is 0 Å². The van der Waals surface area contributed by atoms with Crippen molar-refractivity contribution >= 4 is 45.2 Å². The van der Waals surface area contributed by atoms with Gasteiger partial charge in [0.15, 0.2) is 0 Å². The van der Waals surface area contributed by atoms with Crippen molar-refractivity contribution < 1.29 is 18.0 Å². The molecule has 0 atom stereocenters. The summed E-state index contributed by atoms with van der Waals surface area (Å²) >= 11 is 11.9. The van der Waals surface area contributed by atoms with Crippen LogP contribution in [0.1, 0.15) is 48.0 Å². The van der Waals surface area contributed by atoms with Crippen LogP contribution in [0.2, 0.25) is 10.0 Å². The Morgan fingerprint density at radius 2 is 1.66 bits per heavy atom. The number of hydrogen-bond donors (Lipinski definition) is 3. The number of rotatable bonds is 7. The smallest absolute Gasteiger partial charge is 0.328 e. The monoisotopic (exact) mass is 497 g/mol. The van der Waals surface area contributed by atoms with Crippen molar-refractivity contribution in [3.8, 4) is 0 Å². The molecule has 3 N–H and O–H groups in total. The lowest BCUT2D eigenvalue weighted by molar-refractivity contribution is 0.0954. The van der Waals surface area contributed by atoms with E-state index < -0.39 is 16.1 Å². The lowest BCUT2D eigenvalue weighted by Crippen LogP contribution is -2.45. The third kappa shape index (κ3) is 6.85. The molecule has 3 amide bonds. The number of nitrogens with one attached hydrogen (secondary N) is 3. The standard InChI is InChI=1S/C22H25Cl2N3O4S/c23-16-8-11-19(20(24)14-16)21(28)25-13-12-15-6-9-18(10-7-15)32(30,31)27-22(29)26-17-4-2-1-3-5-17/h6-11,14,17H,1-5,12-13H2,(H,25,28)(H2,26,27,29). The molecule has 2 aromatic carbocycles. The van der Waals surface area contributed by atoms with Crippen LogP contribution in [0.4, 0.5) is 4.79 Å². The van der Waals surface area contributed by atoms with Gasteiger partial charge in [0, 0.05) is 17.6 Å². The maximum Gasteiger partial charge on any atom is 0.328 e. The fraction of sp³-hybridized carbons (Fsp3) is 0.364. The molecule has 0 radical (unpaired) electrons. The Kier molecular flexibility index (Phi) is 8.39. The molecule has 172 valence electrons. The number of benzene rings is 2. The van der Waals surface area contributed by atoms with E-state index in [1.807, 2.05) is 0 Å². The van der Waals surface area contributed by atoms with Crippen molar-refractivity contribution in [3.05, 3.63) is 63.6 Å². The second kappa shape index (κ2) is 11.0. The molecular weight excluding hydrogens is 473 g/mol. The molecule has 0 spiro atoms. The number of carbonyl (C=O) groups excluding carboxylic acids is 2. The maximum atomic E-state index is 12.5. The first kappa shape index (κ1) is 24.4. The van der Waals surface area contributed by atoms with E-state index in [1.165, 1.54) is 18.2 Å². The third-order valence-electron chi connectivity index (χ3n) is 5.28. The Labute approximate surface area is 197 Å². The van der Waals surface area contributed by atoms with Crippen molar-refractivity contribution in [2.24, 2.45) is 0 Å². The minimum atomic E-state index is -3.96. The predicted molar refractivity (Wildman–Crippen MR) is 125 cm³/mol. The van der Waals surface area contributed by atoms with Gasteiger partial charge in [-0.3, -0.25) is 4.79 Å². The zero-order valence-electron chi connectivity index (χ0n) is 17.4. The zero-order valence-corrected chi connectivity index (χ0v) is 19.7. The van der Waals surface area contributed by atoms with Gasteiger partial charge in [0.25, 0.3) is 15.9 Å². The van der Waals surface area contributed by atoms with E-state index >= 15 is 0 Å². The molecule has 0 aromatic heterocycles. The summed E-state index contributed by atoms with van der Waals surface area (Å²) in [5.74, 6) is -0.320.